The maximum absolute atomic E-state index is 12.9. The summed E-state index contributed by atoms with van der Waals surface area (Å²) in [5.41, 5.74) is 0.879. The van der Waals surface area contributed by atoms with Crippen molar-refractivity contribution in [3.05, 3.63) is 35.2 Å². The second kappa shape index (κ2) is 4.51. The minimum absolute atomic E-state index is 0.0712. The Hall–Kier alpha value is -1.15. The average molecular weight is 258 g/mol. The fourth-order valence-corrected chi connectivity index (χ4v) is 4.16. The monoisotopic (exact) mass is 258 g/mol. The first kappa shape index (κ1) is 11.9. The number of carbonyl (C=O) groups is 1. The van der Waals surface area contributed by atoms with Crippen LogP contribution in [0, 0.1) is 5.41 Å². The van der Waals surface area contributed by atoms with E-state index in [2.05, 4.69) is 24.4 Å². The third-order valence-corrected chi connectivity index (χ3v) is 5.41. The van der Waals surface area contributed by atoms with Crippen LogP contribution in [0.15, 0.2) is 29.6 Å². The highest BCUT2D eigenvalue weighted by Gasteiger charge is 2.40. The molecule has 0 bridgehead atoms. The molecule has 1 fully saturated rings. The number of benzene rings is 1. The Morgan fingerprint density at radius 2 is 2.06 bits per heavy atom. The van der Waals surface area contributed by atoms with E-state index in [1.807, 2.05) is 12.1 Å². The third kappa shape index (κ3) is 1.71. The van der Waals surface area contributed by atoms with E-state index in [1.165, 1.54) is 22.9 Å². The minimum Gasteiger partial charge on any atom is -0.294 e. The van der Waals surface area contributed by atoms with Crippen LogP contribution in [0.25, 0.3) is 10.1 Å². The Labute approximate surface area is 112 Å². The van der Waals surface area contributed by atoms with Crippen molar-refractivity contribution in [2.24, 2.45) is 5.41 Å². The molecule has 1 aliphatic carbocycles. The Morgan fingerprint density at radius 3 is 2.78 bits per heavy atom. The van der Waals surface area contributed by atoms with Gasteiger partial charge in [-0.15, -0.1) is 11.3 Å². The Balaban J connectivity index is 2.09. The van der Waals surface area contributed by atoms with Gasteiger partial charge in [0.25, 0.3) is 0 Å². The zero-order chi connectivity index (χ0) is 12.6. The summed E-state index contributed by atoms with van der Waals surface area (Å²) in [7, 11) is 0. The van der Waals surface area contributed by atoms with E-state index in [1.54, 1.807) is 11.3 Å². The van der Waals surface area contributed by atoms with E-state index in [0.29, 0.717) is 5.78 Å². The van der Waals surface area contributed by atoms with Crippen LogP contribution in [0.3, 0.4) is 0 Å². The summed E-state index contributed by atoms with van der Waals surface area (Å²) in [6.45, 7) is 2.16. The molecule has 1 aliphatic rings. The molecule has 0 atom stereocenters. The van der Waals surface area contributed by atoms with Crippen LogP contribution in [0.4, 0.5) is 0 Å². The Kier molecular flexibility index (Phi) is 2.98. The van der Waals surface area contributed by atoms with Gasteiger partial charge in [-0.1, -0.05) is 31.9 Å². The molecule has 18 heavy (non-hydrogen) atoms. The largest absolute Gasteiger partial charge is 0.294 e. The lowest BCUT2D eigenvalue weighted by Gasteiger charge is -2.26. The summed E-state index contributed by atoms with van der Waals surface area (Å²) in [6, 6.07) is 8.22. The second-order valence-electron chi connectivity index (χ2n) is 5.31. The molecule has 94 valence electrons. The number of thiophene rings is 1. The van der Waals surface area contributed by atoms with Crippen molar-refractivity contribution in [3.8, 4) is 0 Å². The molecule has 1 heterocycles. The molecule has 0 amide bonds. The number of hydrogen-bond donors (Lipinski definition) is 0. The van der Waals surface area contributed by atoms with E-state index in [0.717, 1.165) is 24.8 Å². The summed E-state index contributed by atoms with van der Waals surface area (Å²) in [6.07, 6.45) is 5.54. The predicted molar refractivity (Wildman–Crippen MR) is 77.3 cm³/mol. The van der Waals surface area contributed by atoms with Crippen LogP contribution in [0.1, 0.15) is 49.4 Å². The van der Waals surface area contributed by atoms with Crippen molar-refractivity contribution >= 4 is 27.2 Å². The molecule has 0 aliphatic heterocycles. The highest BCUT2D eigenvalue weighted by molar-refractivity contribution is 7.17. The molecular formula is C16H18OS. The summed E-state index contributed by atoms with van der Waals surface area (Å²) >= 11 is 1.69. The number of Topliss-reactive ketones (excluding diaryl/α,β-unsaturated/α-hetero) is 1. The van der Waals surface area contributed by atoms with Gasteiger partial charge in [-0.3, -0.25) is 4.79 Å². The van der Waals surface area contributed by atoms with Crippen molar-refractivity contribution in [2.75, 3.05) is 0 Å². The molecule has 1 saturated carbocycles. The van der Waals surface area contributed by atoms with E-state index >= 15 is 0 Å². The molecule has 0 spiro atoms. The van der Waals surface area contributed by atoms with Gasteiger partial charge in [0, 0.05) is 15.7 Å². The normalized spacial score (nSPS) is 18.3. The van der Waals surface area contributed by atoms with Gasteiger partial charge in [-0.2, -0.15) is 0 Å². The van der Waals surface area contributed by atoms with Crippen LogP contribution < -0.4 is 0 Å². The maximum Gasteiger partial charge on any atom is 0.170 e. The van der Waals surface area contributed by atoms with Crippen LogP contribution in [0.2, 0.25) is 0 Å². The fourth-order valence-electron chi connectivity index (χ4n) is 3.25. The molecule has 1 aromatic heterocycles. The predicted octanol–water partition coefficient (Wildman–Crippen LogP) is 5.05. The lowest BCUT2D eigenvalue weighted by Crippen LogP contribution is -2.27. The molecule has 0 saturated heterocycles. The number of ketones is 1. The maximum atomic E-state index is 12.9. The first-order valence-electron chi connectivity index (χ1n) is 6.78. The first-order valence-corrected chi connectivity index (χ1v) is 7.66. The standard InChI is InChI=1S/C16H18OS/c1-2-16(9-3-4-10-16)15(17)13-7-5-6-12-8-11-18-14(12)13/h5-8,11H,2-4,9-10H2,1H3. The van der Waals surface area contributed by atoms with Crippen LogP contribution >= 0.6 is 11.3 Å². The van der Waals surface area contributed by atoms with Gasteiger partial charge < -0.3 is 0 Å². The zero-order valence-corrected chi connectivity index (χ0v) is 11.6. The second-order valence-corrected chi connectivity index (χ2v) is 6.23. The number of hydrogen-bond acceptors (Lipinski definition) is 2. The van der Waals surface area contributed by atoms with E-state index in [9.17, 15) is 4.79 Å². The van der Waals surface area contributed by atoms with Gasteiger partial charge in [0.2, 0.25) is 0 Å². The molecule has 3 rings (SSSR count). The average Bonchev–Trinajstić information content (AvgIpc) is 3.06. The molecule has 0 radical (unpaired) electrons. The fraction of sp³-hybridized carbons (Fsp3) is 0.438. The van der Waals surface area contributed by atoms with Gasteiger partial charge in [0.1, 0.15) is 0 Å². The van der Waals surface area contributed by atoms with Gasteiger partial charge in [0.15, 0.2) is 5.78 Å². The van der Waals surface area contributed by atoms with E-state index in [4.69, 9.17) is 0 Å². The quantitative estimate of drug-likeness (QED) is 0.704. The van der Waals surface area contributed by atoms with Crippen molar-refractivity contribution in [1.29, 1.82) is 0 Å². The van der Waals surface area contributed by atoms with Gasteiger partial charge >= 0.3 is 0 Å². The number of rotatable bonds is 3. The summed E-state index contributed by atoms with van der Waals surface area (Å²) < 4.78 is 1.17. The molecule has 2 heteroatoms. The van der Waals surface area contributed by atoms with Gasteiger partial charge in [-0.05, 0) is 42.2 Å². The van der Waals surface area contributed by atoms with Crippen LogP contribution in [0.5, 0.6) is 0 Å². The summed E-state index contributed by atoms with van der Waals surface area (Å²) in [5.74, 6) is 0.385. The zero-order valence-electron chi connectivity index (χ0n) is 10.7. The van der Waals surface area contributed by atoms with Crippen molar-refractivity contribution < 1.29 is 4.79 Å². The molecule has 1 nitrogen and oxygen atoms in total. The topological polar surface area (TPSA) is 17.1 Å². The van der Waals surface area contributed by atoms with E-state index in [-0.39, 0.29) is 5.41 Å². The highest BCUT2D eigenvalue weighted by atomic mass is 32.1. The van der Waals surface area contributed by atoms with Crippen molar-refractivity contribution in [3.63, 3.8) is 0 Å². The first-order chi connectivity index (χ1) is 8.77. The van der Waals surface area contributed by atoms with Crippen LogP contribution in [-0.2, 0) is 0 Å². The van der Waals surface area contributed by atoms with Crippen molar-refractivity contribution in [2.45, 2.75) is 39.0 Å². The Bertz CT molecular complexity index is 576. The number of carbonyl (C=O) groups excluding carboxylic acids is 1. The SMILES string of the molecule is CCC1(C(=O)c2cccc3ccsc23)CCCC1. The lowest BCUT2D eigenvalue weighted by molar-refractivity contribution is 0.0793. The van der Waals surface area contributed by atoms with Crippen molar-refractivity contribution in [1.82, 2.24) is 0 Å². The minimum atomic E-state index is -0.0712. The summed E-state index contributed by atoms with van der Waals surface area (Å²) in [4.78, 5) is 12.9. The molecule has 0 N–H and O–H groups in total. The Morgan fingerprint density at radius 1 is 1.28 bits per heavy atom. The molecule has 1 aromatic carbocycles. The molecular weight excluding hydrogens is 240 g/mol. The number of fused-ring (bicyclic) bond motifs is 1. The molecule has 0 unspecified atom stereocenters. The third-order valence-electron chi connectivity index (χ3n) is 4.44. The lowest BCUT2D eigenvalue weighted by atomic mass is 9.76. The van der Waals surface area contributed by atoms with Gasteiger partial charge in [-0.25, -0.2) is 0 Å². The van der Waals surface area contributed by atoms with Crippen LogP contribution in [-0.4, -0.2) is 5.78 Å². The summed E-state index contributed by atoms with van der Waals surface area (Å²) in [5, 5.41) is 3.28. The highest BCUT2D eigenvalue weighted by Crippen LogP contribution is 2.44. The molecule has 2 aromatic rings. The van der Waals surface area contributed by atoms with E-state index < -0.39 is 0 Å². The smallest absolute Gasteiger partial charge is 0.170 e. The van der Waals surface area contributed by atoms with Gasteiger partial charge in [0.05, 0.1) is 0 Å².